The average Bonchev–Trinajstić information content (AvgIpc) is 2.35. The van der Waals surface area contributed by atoms with E-state index < -0.39 is 0 Å². The second-order valence-corrected chi connectivity index (χ2v) is 6.16. The summed E-state index contributed by atoms with van der Waals surface area (Å²) in [5.41, 5.74) is 5.42. The van der Waals surface area contributed by atoms with Crippen molar-refractivity contribution in [2.75, 3.05) is 6.54 Å². The van der Waals surface area contributed by atoms with E-state index in [9.17, 15) is 0 Å². The fourth-order valence-electron chi connectivity index (χ4n) is 1.63. The van der Waals surface area contributed by atoms with E-state index in [1.807, 2.05) is 0 Å². The smallest absolute Gasteiger partial charge is 0.0483 e. The van der Waals surface area contributed by atoms with Gasteiger partial charge in [-0.3, -0.25) is 0 Å². The van der Waals surface area contributed by atoms with Gasteiger partial charge in [0.1, 0.15) is 0 Å². The standard InChI is InChI=1S/C12H27N.2C3H8O/c1-2-3-4-5-6-7-8-9-10-11-12-13;2*1-3(2)4/h2-13H2,1H3;2*3-4H,1-2H3. The number of aliphatic hydroxyl groups excluding tert-OH is 2. The van der Waals surface area contributed by atoms with Crippen LogP contribution in [0.4, 0.5) is 0 Å². The zero-order chi connectivity index (χ0) is 16.9. The topological polar surface area (TPSA) is 66.5 Å². The van der Waals surface area contributed by atoms with Gasteiger partial charge in [0.15, 0.2) is 0 Å². The third kappa shape index (κ3) is 65.1. The van der Waals surface area contributed by atoms with E-state index in [2.05, 4.69) is 6.92 Å². The Morgan fingerprint density at radius 3 is 1.10 bits per heavy atom. The van der Waals surface area contributed by atoms with Gasteiger partial charge in [-0.1, -0.05) is 64.7 Å². The molecule has 0 aliphatic heterocycles. The largest absolute Gasteiger partial charge is 0.394 e. The molecule has 0 saturated heterocycles. The summed E-state index contributed by atoms with van der Waals surface area (Å²) in [7, 11) is 0. The van der Waals surface area contributed by atoms with Gasteiger partial charge in [0.2, 0.25) is 0 Å². The van der Waals surface area contributed by atoms with Gasteiger partial charge in [-0.25, -0.2) is 0 Å². The molecule has 0 aromatic heterocycles. The highest BCUT2D eigenvalue weighted by atomic mass is 16.3. The Labute approximate surface area is 134 Å². The zero-order valence-corrected chi connectivity index (χ0v) is 15.4. The molecule has 0 atom stereocenters. The lowest BCUT2D eigenvalue weighted by atomic mass is 10.1. The fraction of sp³-hybridized carbons (Fsp3) is 1.00. The monoisotopic (exact) mass is 305 g/mol. The molecule has 0 amide bonds. The van der Waals surface area contributed by atoms with Gasteiger partial charge in [0.25, 0.3) is 0 Å². The van der Waals surface area contributed by atoms with Crippen molar-refractivity contribution < 1.29 is 10.2 Å². The Bertz CT molecular complexity index is 129. The van der Waals surface area contributed by atoms with Crippen molar-refractivity contribution in [3.8, 4) is 0 Å². The number of hydrogen-bond acceptors (Lipinski definition) is 3. The molecule has 21 heavy (non-hydrogen) atoms. The molecule has 0 radical (unpaired) electrons. The maximum Gasteiger partial charge on any atom is 0.0483 e. The third-order valence-corrected chi connectivity index (χ3v) is 2.56. The van der Waals surface area contributed by atoms with Gasteiger partial charge in [0.05, 0.1) is 0 Å². The molecule has 0 rings (SSSR count). The van der Waals surface area contributed by atoms with E-state index in [1.54, 1.807) is 27.7 Å². The Balaban J connectivity index is -0.000000334. The molecule has 0 saturated carbocycles. The minimum Gasteiger partial charge on any atom is -0.394 e. The molecule has 0 heterocycles. The molecule has 0 aromatic carbocycles. The summed E-state index contributed by atoms with van der Waals surface area (Å²) in [5, 5.41) is 16.1. The molecule has 3 nitrogen and oxygen atoms in total. The second-order valence-electron chi connectivity index (χ2n) is 6.16. The van der Waals surface area contributed by atoms with Crippen LogP contribution in [0, 0.1) is 0 Å². The van der Waals surface area contributed by atoms with Crippen LogP contribution in [0.15, 0.2) is 0 Å². The van der Waals surface area contributed by atoms with Crippen LogP contribution in [-0.2, 0) is 0 Å². The average molecular weight is 306 g/mol. The third-order valence-electron chi connectivity index (χ3n) is 2.56. The molecule has 0 aliphatic carbocycles. The minimum atomic E-state index is -0.167. The van der Waals surface area contributed by atoms with Crippen LogP contribution < -0.4 is 5.73 Å². The first-order valence-electron chi connectivity index (χ1n) is 8.94. The predicted molar refractivity (Wildman–Crippen MR) is 95.6 cm³/mol. The maximum atomic E-state index is 8.06. The Morgan fingerprint density at radius 2 is 0.857 bits per heavy atom. The van der Waals surface area contributed by atoms with E-state index in [-0.39, 0.29) is 12.2 Å². The van der Waals surface area contributed by atoms with Crippen LogP contribution in [0.5, 0.6) is 0 Å². The van der Waals surface area contributed by atoms with Crippen molar-refractivity contribution in [2.24, 2.45) is 5.73 Å². The van der Waals surface area contributed by atoms with Crippen molar-refractivity contribution in [3.05, 3.63) is 0 Å². The molecular formula is C18H43NO2. The number of rotatable bonds is 10. The van der Waals surface area contributed by atoms with Crippen molar-refractivity contribution >= 4 is 0 Å². The first kappa shape index (κ1) is 25.8. The summed E-state index contributed by atoms with van der Waals surface area (Å²) in [6.07, 6.45) is 13.6. The van der Waals surface area contributed by atoms with Crippen LogP contribution in [0.1, 0.15) is 98.8 Å². The van der Waals surface area contributed by atoms with E-state index in [4.69, 9.17) is 15.9 Å². The highest BCUT2D eigenvalue weighted by Gasteiger charge is 1.91. The quantitative estimate of drug-likeness (QED) is 0.515. The summed E-state index contributed by atoms with van der Waals surface area (Å²) in [6.45, 7) is 10.0. The van der Waals surface area contributed by atoms with Gasteiger partial charge >= 0.3 is 0 Å². The molecule has 132 valence electrons. The first-order chi connectivity index (χ1) is 9.88. The summed E-state index contributed by atoms with van der Waals surface area (Å²) in [6, 6.07) is 0. The number of hydrogen-bond donors (Lipinski definition) is 3. The van der Waals surface area contributed by atoms with Gasteiger partial charge in [-0.05, 0) is 40.7 Å². The SMILES string of the molecule is CC(C)O.CC(C)O.CCCCCCCCCCCCN. The second kappa shape index (κ2) is 24.9. The van der Waals surface area contributed by atoms with Crippen molar-refractivity contribution in [1.29, 1.82) is 0 Å². The number of nitrogens with two attached hydrogens (primary N) is 1. The summed E-state index contributed by atoms with van der Waals surface area (Å²) < 4.78 is 0. The first-order valence-corrected chi connectivity index (χ1v) is 8.94. The molecule has 0 unspecified atom stereocenters. The summed E-state index contributed by atoms with van der Waals surface area (Å²) in [5.74, 6) is 0. The van der Waals surface area contributed by atoms with Crippen molar-refractivity contribution in [1.82, 2.24) is 0 Å². The lowest BCUT2D eigenvalue weighted by Gasteiger charge is -2.00. The van der Waals surface area contributed by atoms with Gasteiger partial charge in [0, 0.05) is 12.2 Å². The van der Waals surface area contributed by atoms with Gasteiger partial charge in [-0.15, -0.1) is 0 Å². The molecule has 3 heteroatoms. The Hall–Kier alpha value is -0.120. The Morgan fingerprint density at radius 1 is 0.619 bits per heavy atom. The maximum absolute atomic E-state index is 8.06. The molecular weight excluding hydrogens is 262 g/mol. The van der Waals surface area contributed by atoms with Crippen molar-refractivity contribution in [2.45, 2.75) is 111 Å². The van der Waals surface area contributed by atoms with E-state index in [0.717, 1.165) is 6.54 Å². The van der Waals surface area contributed by atoms with Gasteiger partial charge < -0.3 is 15.9 Å². The van der Waals surface area contributed by atoms with Gasteiger partial charge in [-0.2, -0.15) is 0 Å². The lowest BCUT2D eigenvalue weighted by molar-refractivity contribution is 0.215. The van der Waals surface area contributed by atoms with Crippen LogP contribution in [0.3, 0.4) is 0 Å². The number of unbranched alkanes of at least 4 members (excludes halogenated alkanes) is 9. The highest BCUT2D eigenvalue weighted by molar-refractivity contribution is 4.47. The molecule has 0 bridgehead atoms. The molecule has 0 fully saturated rings. The lowest BCUT2D eigenvalue weighted by Crippen LogP contribution is -1.97. The number of aliphatic hydroxyl groups is 2. The van der Waals surface area contributed by atoms with E-state index in [1.165, 1.54) is 64.2 Å². The molecule has 0 spiro atoms. The summed E-state index contributed by atoms with van der Waals surface area (Å²) in [4.78, 5) is 0. The van der Waals surface area contributed by atoms with Crippen LogP contribution in [0.25, 0.3) is 0 Å². The van der Waals surface area contributed by atoms with E-state index in [0.29, 0.717) is 0 Å². The van der Waals surface area contributed by atoms with Crippen LogP contribution in [-0.4, -0.2) is 29.0 Å². The van der Waals surface area contributed by atoms with Crippen LogP contribution >= 0.6 is 0 Å². The molecule has 0 aliphatic rings. The predicted octanol–water partition coefficient (Wildman–Crippen LogP) is 4.64. The highest BCUT2D eigenvalue weighted by Crippen LogP contribution is 2.09. The molecule has 4 N–H and O–H groups in total. The summed E-state index contributed by atoms with van der Waals surface area (Å²) >= 11 is 0. The van der Waals surface area contributed by atoms with Crippen LogP contribution in [0.2, 0.25) is 0 Å². The zero-order valence-electron chi connectivity index (χ0n) is 15.4. The fourth-order valence-corrected chi connectivity index (χ4v) is 1.63. The minimum absolute atomic E-state index is 0.167. The molecule has 0 aromatic rings. The Kier molecular flexibility index (Phi) is 30.6. The normalized spacial score (nSPS) is 10.0. The van der Waals surface area contributed by atoms with Crippen molar-refractivity contribution in [3.63, 3.8) is 0 Å². The van der Waals surface area contributed by atoms with E-state index >= 15 is 0 Å².